The second-order valence-corrected chi connectivity index (χ2v) is 6.90. The third kappa shape index (κ3) is 3.09. The standard InChI is InChI=1S/C21H19FN2O4/c22-13-4-1-3-12(9-13)10-24-15-5-2-6-17(28-11-18(25)26)20(15)19-14(21(23)27)7-8-16(19)24/h1-6,9,14H,7-8,10-11H2,(H2,23,27)(H,25,26). The van der Waals surface area contributed by atoms with Crippen molar-refractivity contribution in [3.8, 4) is 5.75 Å². The van der Waals surface area contributed by atoms with Gasteiger partial charge in [-0.3, -0.25) is 4.79 Å². The van der Waals surface area contributed by atoms with Crippen molar-refractivity contribution in [1.82, 2.24) is 4.57 Å². The number of halogens is 1. The van der Waals surface area contributed by atoms with Crippen LogP contribution < -0.4 is 10.5 Å². The first-order chi connectivity index (χ1) is 13.5. The maximum absolute atomic E-state index is 13.6. The van der Waals surface area contributed by atoms with Crippen molar-refractivity contribution in [3.63, 3.8) is 0 Å². The molecule has 1 aromatic heterocycles. The first-order valence-electron chi connectivity index (χ1n) is 8.98. The van der Waals surface area contributed by atoms with E-state index in [0.717, 1.165) is 22.3 Å². The van der Waals surface area contributed by atoms with Crippen LogP contribution in [-0.4, -0.2) is 28.2 Å². The molecule has 3 N–H and O–H groups in total. The number of aromatic nitrogens is 1. The highest BCUT2D eigenvalue weighted by atomic mass is 19.1. The predicted molar refractivity (Wildman–Crippen MR) is 101 cm³/mol. The molecule has 3 aromatic rings. The lowest BCUT2D eigenvalue weighted by Crippen LogP contribution is -2.19. The number of carboxylic acids is 1. The lowest BCUT2D eigenvalue weighted by molar-refractivity contribution is -0.139. The second kappa shape index (κ2) is 6.99. The summed E-state index contributed by atoms with van der Waals surface area (Å²) in [5, 5.41) is 9.67. The van der Waals surface area contributed by atoms with Crippen LogP contribution in [0.4, 0.5) is 4.39 Å². The van der Waals surface area contributed by atoms with Crippen molar-refractivity contribution in [3.05, 3.63) is 65.1 Å². The molecular formula is C21H19FN2O4. The number of ether oxygens (including phenoxy) is 1. The van der Waals surface area contributed by atoms with Gasteiger partial charge < -0.3 is 20.1 Å². The summed E-state index contributed by atoms with van der Waals surface area (Å²) in [6, 6.07) is 11.7. The lowest BCUT2D eigenvalue weighted by atomic mass is 9.99. The van der Waals surface area contributed by atoms with Crippen molar-refractivity contribution in [1.29, 1.82) is 0 Å². The minimum Gasteiger partial charge on any atom is -0.481 e. The number of hydrogen-bond acceptors (Lipinski definition) is 3. The number of carbonyl (C=O) groups excluding carboxylic acids is 1. The molecule has 0 bridgehead atoms. The van der Waals surface area contributed by atoms with Crippen LogP contribution in [0.1, 0.15) is 29.2 Å². The first kappa shape index (κ1) is 18.0. The van der Waals surface area contributed by atoms with E-state index in [1.54, 1.807) is 18.2 Å². The Morgan fingerprint density at radius 2 is 2.04 bits per heavy atom. The third-order valence-electron chi connectivity index (χ3n) is 5.14. The van der Waals surface area contributed by atoms with Crippen LogP contribution in [0.2, 0.25) is 0 Å². The molecule has 0 aliphatic heterocycles. The molecule has 0 radical (unpaired) electrons. The molecule has 1 aliphatic rings. The number of hydrogen-bond donors (Lipinski definition) is 2. The van der Waals surface area contributed by atoms with E-state index < -0.39 is 24.4 Å². The smallest absolute Gasteiger partial charge is 0.341 e. The van der Waals surface area contributed by atoms with Crippen LogP contribution in [-0.2, 0) is 22.6 Å². The minimum absolute atomic E-state index is 0.314. The highest BCUT2D eigenvalue weighted by Crippen LogP contribution is 2.44. The van der Waals surface area contributed by atoms with Gasteiger partial charge in [-0.05, 0) is 48.2 Å². The summed E-state index contributed by atoms with van der Waals surface area (Å²) in [6.07, 6.45) is 1.25. The number of carboxylic acid groups (broad SMARTS) is 1. The maximum Gasteiger partial charge on any atom is 0.341 e. The Labute approximate surface area is 160 Å². The summed E-state index contributed by atoms with van der Waals surface area (Å²) in [5.74, 6) is -1.87. The molecule has 0 spiro atoms. The maximum atomic E-state index is 13.6. The van der Waals surface area contributed by atoms with E-state index in [1.165, 1.54) is 12.1 Å². The van der Waals surface area contributed by atoms with Gasteiger partial charge >= 0.3 is 5.97 Å². The molecule has 1 unspecified atom stereocenters. The minimum atomic E-state index is -1.08. The van der Waals surface area contributed by atoms with Crippen molar-refractivity contribution >= 4 is 22.8 Å². The fraction of sp³-hybridized carbons (Fsp3) is 0.238. The Balaban J connectivity index is 1.89. The number of amides is 1. The predicted octanol–water partition coefficient (Wildman–Crippen LogP) is 2.81. The number of primary amides is 1. The van der Waals surface area contributed by atoms with Crippen LogP contribution in [0.15, 0.2) is 42.5 Å². The Bertz CT molecular complexity index is 1090. The number of rotatable bonds is 6. The summed E-state index contributed by atoms with van der Waals surface area (Å²) in [7, 11) is 0. The van der Waals surface area contributed by atoms with Gasteiger partial charge in [-0.1, -0.05) is 18.2 Å². The molecule has 6 nitrogen and oxygen atoms in total. The second-order valence-electron chi connectivity index (χ2n) is 6.90. The van der Waals surface area contributed by atoms with E-state index in [1.807, 2.05) is 16.7 Å². The molecule has 2 aromatic carbocycles. The fourth-order valence-electron chi connectivity index (χ4n) is 4.06. The number of aliphatic carboxylic acids is 1. The van der Waals surface area contributed by atoms with Gasteiger partial charge in [-0.2, -0.15) is 0 Å². The average Bonchev–Trinajstić information content (AvgIpc) is 3.20. The normalized spacial score (nSPS) is 15.5. The molecule has 0 saturated carbocycles. The fourth-order valence-corrected chi connectivity index (χ4v) is 4.06. The van der Waals surface area contributed by atoms with E-state index in [9.17, 15) is 14.0 Å². The van der Waals surface area contributed by atoms with Crippen LogP contribution in [0.5, 0.6) is 5.75 Å². The van der Waals surface area contributed by atoms with E-state index in [4.69, 9.17) is 15.6 Å². The number of carbonyl (C=O) groups is 2. The van der Waals surface area contributed by atoms with E-state index in [-0.39, 0.29) is 5.82 Å². The average molecular weight is 382 g/mol. The molecular weight excluding hydrogens is 363 g/mol. The van der Waals surface area contributed by atoms with Crippen LogP contribution in [0.3, 0.4) is 0 Å². The Hall–Kier alpha value is -3.35. The summed E-state index contributed by atoms with van der Waals surface area (Å²) in [4.78, 5) is 23.0. The van der Waals surface area contributed by atoms with Gasteiger partial charge in [0.05, 0.1) is 11.4 Å². The molecule has 1 amide bonds. The first-order valence-corrected chi connectivity index (χ1v) is 8.98. The summed E-state index contributed by atoms with van der Waals surface area (Å²) in [6.45, 7) is -0.0539. The summed E-state index contributed by atoms with van der Waals surface area (Å²) < 4.78 is 21.2. The van der Waals surface area contributed by atoms with Gasteiger partial charge in [0.25, 0.3) is 0 Å². The van der Waals surface area contributed by atoms with Gasteiger partial charge in [0, 0.05) is 17.6 Å². The van der Waals surface area contributed by atoms with Gasteiger partial charge in [0.1, 0.15) is 11.6 Å². The van der Waals surface area contributed by atoms with Crippen molar-refractivity contribution < 1.29 is 23.8 Å². The molecule has 28 heavy (non-hydrogen) atoms. The topological polar surface area (TPSA) is 94.6 Å². The van der Waals surface area contributed by atoms with Gasteiger partial charge in [-0.25, -0.2) is 9.18 Å². The van der Waals surface area contributed by atoms with Gasteiger partial charge in [0.2, 0.25) is 5.91 Å². The molecule has 7 heteroatoms. The molecule has 4 rings (SSSR count). The lowest BCUT2D eigenvalue weighted by Gasteiger charge is -2.12. The molecule has 144 valence electrons. The molecule has 1 aliphatic carbocycles. The van der Waals surface area contributed by atoms with Crippen molar-refractivity contribution in [2.75, 3.05) is 6.61 Å². The molecule has 0 saturated heterocycles. The number of benzene rings is 2. The SMILES string of the molecule is NC(=O)C1CCc2c1c1c(OCC(=O)O)cccc1n2Cc1cccc(F)c1. The zero-order valence-corrected chi connectivity index (χ0v) is 15.0. The quantitative estimate of drug-likeness (QED) is 0.685. The largest absolute Gasteiger partial charge is 0.481 e. The highest BCUT2D eigenvalue weighted by Gasteiger charge is 2.34. The molecule has 1 heterocycles. The third-order valence-corrected chi connectivity index (χ3v) is 5.14. The van der Waals surface area contributed by atoms with E-state index in [0.29, 0.717) is 30.5 Å². The summed E-state index contributed by atoms with van der Waals surface area (Å²) >= 11 is 0. The number of nitrogens with zero attached hydrogens (tertiary/aromatic N) is 1. The Kier molecular flexibility index (Phi) is 4.50. The number of nitrogens with two attached hydrogens (primary N) is 1. The van der Waals surface area contributed by atoms with Gasteiger partial charge in [-0.15, -0.1) is 0 Å². The highest BCUT2D eigenvalue weighted by molar-refractivity contribution is 5.97. The zero-order chi connectivity index (χ0) is 19.8. The molecule has 1 atom stereocenters. The number of fused-ring (bicyclic) bond motifs is 3. The summed E-state index contributed by atoms with van der Waals surface area (Å²) in [5.41, 5.74) is 8.97. The zero-order valence-electron chi connectivity index (χ0n) is 15.0. The Morgan fingerprint density at radius 3 is 2.75 bits per heavy atom. The van der Waals surface area contributed by atoms with E-state index in [2.05, 4.69) is 0 Å². The van der Waals surface area contributed by atoms with E-state index >= 15 is 0 Å². The van der Waals surface area contributed by atoms with Crippen LogP contribution in [0.25, 0.3) is 10.9 Å². The van der Waals surface area contributed by atoms with Crippen molar-refractivity contribution in [2.24, 2.45) is 5.73 Å². The van der Waals surface area contributed by atoms with Crippen LogP contribution in [0, 0.1) is 5.82 Å². The van der Waals surface area contributed by atoms with Crippen molar-refractivity contribution in [2.45, 2.75) is 25.3 Å². The Morgan fingerprint density at radius 1 is 1.25 bits per heavy atom. The monoisotopic (exact) mass is 382 g/mol. The molecule has 0 fully saturated rings. The van der Waals surface area contributed by atoms with Crippen LogP contribution >= 0.6 is 0 Å². The van der Waals surface area contributed by atoms with Gasteiger partial charge in [0.15, 0.2) is 6.61 Å².